The number of likely N-dealkylation sites (tertiary alicyclic amines) is 1. The number of fused-ring (bicyclic) bond motifs is 2. The van der Waals surface area contributed by atoms with Gasteiger partial charge in [-0.3, -0.25) is 14.4 Å². The number of halogens is 1. The van der Waals surface area contributed by atoms with Gasteiger partial charge in [0.25, 0.3) is 5.91 Å². The molecular formula is C35H41FN6O4. The predicted octanol–water partition coefficient (Wildman–Crippen LogP) is 5.67. The highest BCUT2D eigenvalue weighted by Crippen LogP contribution is 2.51. The molecule has 10 nitrogen and oxygen atoms in total. The van der Waals surface area contributed by atoms with Gasteiger partial charge >= 0.3 is 0 Å². The minimum atomic E-state index is -1.01. The summed E-state index contributed by atoms with van der Waals surface area (Å²) < 4.78 is 20.4. The van der Waals surface area contributed by atoms with E-state index in [0.29, 0.717) is 34.7 Å². The summed E-state index contributed by atoms with van der Waals surface area (Å²) in [5, 5.41) is 10.8. The van der Waals surface area contributed by atoms with E-state index in [1.807, 2.05) is 38.1 Å². The monoisotopic (exact) mass is 628 g/mol. The fourth-order valence-electron chi connectivity index (χ4n) is 5.43. The van der Waals surface area contributed by atoms with Gasteiger partial charge in [-0.15, -0.1) is 10.2 Å². The zero-order chi connectivity index (χ0) is 33.6. The van der Waals surface area contributed by atoms with Crippen LogP contribution in [0, 0.1) is 11.2 Å². The van der Waals surface area contributed by atoms with E-state index >= 15 is 0 Å². The molecule has 46 heavy (non-hydrogen) atoms. The van der Waals surface area contributed by atoms with Gasteiger partial charge in [0.05, 0.1) is 16.7 Å². The summed E-state index contributed by atoms with van der Waals surface area (Å²) in [5.41, 5.74) is 1.58. The Morgan fingerprint density at radius 1 is 1.04 bits per heavy atom. The van der Waals surface area contributed by atoms with Crippen molar-refractivity contribution in [3.8, 4) is 22.9 Å². The van der Waals surface area contributed by atoms with Crippen molar-refractivity contribution in [1.82, 2.24) is 20.1 Å². The first-order chi connectivity index (χ1) is 21.8. The molecule has 3 heterocycles. The average molecular weight is 629 g/mol. The first-order valence-electron chi connectivity index (χ1n) is 15.2. The summed E-state index contributed by atoms with van der Waals surface area (Å²) in [6.07, 6.45) is 3.29. The fourth-order valence-corrected chi connectivity index (χ4v) is 5.43. The van der Waals surface area contributed by atoms with Crippen LogP contribution in [0.2, 0.25) is 0 Å². The van der Waals surface area contributed by atoms with Crippen LogP contribution in [0.15, 0.2) is 64.8 Å². The molecule has 0 bridgehead atoms. The Morgan fingerprint density at radius 3 is 2.35 bits per heavy atom. The van der Waals surface area contributed by atoms with Crippen LogP contribution in [-0.2, 0) is 9.59 Å². The molecule has 0 spiro atoms. The normalized spacial score (nSPS) is 16.3. The highest BCUT2D eigenvalue weighted by Gasteiger charge is 2.44. The lowest BCUT2D eigenvalue weighted by molar-refractivity contribution is -0.128. The third-order valence-electron chi connectivity index (χ3n) is 8.06. The van der Waals surface area contributed by atoms with Crippen LogP contribution < -0.4 is 10.1 Å². The number of para-hydroxylation sites is 1. The molecule has 5 rings (SSSR count). The minimum Gasteiger partial charge on any atom is -0.438 e. The van der Waals surface area contributed by atoms with Crippen LogP contribution in [-0.4, -0.2) is 78.7 Å². The van der Waals surface area contributed by atoms with Gasteiger partial charge in [0.15, 0.2) is 6.29 Å². The predicted molar refractivity (Wildman–Crippen MR) is 177 cm³/mol. The molecule has 0 saturated carbocycles. The highest BCUT2D eigenvalue weighted by molar-refractivity contribution is 6.37. The number of ether oxygens (including phenoxy) is 1. The van der Waals surface area contributed by atoms with Crippen molar-refractivity contribution in [1.29, 1.82) is 0 Å². The molecule has 0 aliphatic carbocycles. The standard InChI is InChI=1S/C30H30FN5O4.C5H11N/c1-17(28(38)36(5)6)34-35-18(2)32-29(39)30(3,4)26-21-9-7-8-10-25(21)40-27-22(26)13-14-24(33-27)19-11-12-20(16-37)23(31)15-19;1-6-4-2-3-5-6/h7-16,26H,1-6H3,(H,32,35,39);2-5H2,1H3/b34-17+;. The van der Waals surface area contributed by atoms with Gasteiger partial charge in [-0.05, 0) is 71.1 Å². The van der Waals surface area contributed by atoms with Crippen molar-refractivity contribution in [3.63, 3.8) is 0 Å². The zero-order valence-electron chi connectivity index (χ0n) is 27.4. The molecule has 11 heteroatoms. The lowest BCUT2D eigenvalue weighted by Crippen LogP contribution is -2.44. The summed E-state index contributed by atoms with van der Waals surface area (Å²) in [4.78, 5) is 45.1. The number of hydrogen-bond donors (Lipinski definition) is 1. The Morgan fingerprint density at radius 2 is 1.74 bits per heavy atom. The average Bonchev–Trinajstić information content (AvgIpc) is 3.52. The molecule has 1 atom stereocenters. The van der Waals surface area contributed by atoms with Crippen molar-refractivity contribution in [3.05, 3.63) is 77.1 Å². The summed E-state index contributed by atoms with van der Waals surface area (Å²) in [6.45, 7) is 9.42. The van der Waals surface area contributed by atoms with Gasteiger partial charge in [0, 0.05) is 36.7 Å². The Balaban J connectivity index is 0.000000717. The lowest BCUT2D eigenvalue weighted by Gasteiger charge is -2.37. The van der Waals surface area contributed by atoms with E-state index in [9.17, 15) is 18.8 Å². The number of pyridine rings is 1. The molecule has 1 unspecified atom stereocenters. The number of carbonyl (C=O) groups is 3. The van der Waals surface area contributed by atoms with Crippen molar-refractivity contribution in [2.24, 2.45) is 15.6 Å². The number of aldehydes is 1. The number of rotatable bonds is 6. The number of amidine groups is 1. The smallest absolute Gasteiger partial charge is 0.269 e. The maximum atomic E-state index is 14.3. The maximum Gasteiger partial charge on any atom is 0.269 e. The van der Waals surface area contributed by atoms with Crippen LogP contribution in [0.4, 0.5) is 4.39 Å². The fraction of sp³-hybridized carbons (Fsp3) is 0.371. The molecule has 1 fully saturated rings. The SMILES string of the molecule is C/C(=N\N=C(/C)C(=O)N(C)C)NC(=O)C(C)(C)C1c2ccccc2Oc2nc(-c3ccc(C=O)c(F)c3)ccc21.CN1CCCC1. The summed E-state index contributed by atoms with van der Waals surface area (Å²) in [6, 6.07) is 15.2. The van der Waals surface area contributed by atoms with Crippen LogP contribution in [0.3, 0.4) is 0 Å². The van der Waals surface area contributed by atoms with Gasteiger partial charge in [-0.25, -0.2) is 9.37 Å². The quantitative estimate of drug-likeness (QED) is 0.163. The summed E-state index contributed by atoms with van der Waals surface area (Å²) in [7, 11) is 5.41. The van der Waals surface area contributed by atoms with E-state index in [2.05, 4.69) is 32.5 Å². The molecule has 1 saturated heterocycles. The topological polar surface area (TPSA) is 117 Å². The Kier molecular flexibility index (Phi) is 10.8. The maximum absolute atomic E-state index is 14.3. The number of nitrogens with zero attached hydrogens (tertiary/aromatic N) is 5. The third kappa shape index (κ3) is 7.71. The van der Waals surface area contributed by atoms with E-state index in [0.717, 1.165) is 5.56 Å². The van der Waals surface area contributed by atoms with Crippen molar-refractivity contribution in [2.75, 3.05) is 34.2 Å². The number of benzene rings is 2. The molecule has 2 aromatic carbocycles. The lowest BCUT2D eigenvalue weighted by atomic mass is 9.69. The van der Waals surface area contributed by atoms with E-state index in [1.54, 1.807) is 46.1 Å². The zero-order valence-corrected chi connectivity index (χ0v) is 27.4. The molecule has 3 aromatic rings. The Labute approximate surface area is 269 Å². The molecule has 1 N–H and O–H groups in total. The van der Waals surface area contributed by atoms with Gasteiger partial charge < -0.3 is 19.9 Å². The molecule has 242 valence electrons. The Hall–Kier alpha value is -4.77. The Bertz CT molecular complexity index is 1680. The van der Waals surface area contributed by atoms with Crippen molar-refractivity contribution >= 4 is 29.6 Å². The molecule has 2 amide bonds. The van der Waals surface area contributed by atoms with E-state index in [4.69, 9.17) is 4.74 Å². The second-order valence-electron chi connectivity index (χ2n) is 12.3. The van der Waals surface area contributed by atoms with Crippen LogP contribution in [0.25, 0.3) is 11.3 Å². The number of nitrogens with one attached hydrogen (secondary N) is 1. The van der Waals surface area contributed by atoms with Crippen LogP contribution in [0.1, 0.15) is 67.9 Å². The second-order valence-corrected chi connectivity index (χ2v) is 12.3. The molecular weight excluding hydrogens is 587 g/mol. The van der Waals surface area contributed by atoms with E-state index < -0.39 is 17.2 Å². The minimum absolute atomic E-state index is 0.0382. The highest BCUT2D eigenvalue weighted by atomic mass is 19.1. The molecule has 0 radical (unpaired) electrons. The van der Waals surface area contributed by atoms with Crippen molar-refractivity contribution in [2.45, 2.75) is 46.5 Å². The first-order valence-corrected chi connectivity index (χ1v) is 15.2. The van der Waals surface area contributed by atoms with E-state index in [1.165, 1.54) is 43.0 Å². The van der Waals surface area contributed by atoms with Gasteiger partial charge in [0.2, 0.25) is 11.8 Å². The number of aromatic nitrogens is 1. The summed E-state index contributed by atoms with van der Waals surface area (Å²) in [5.74, 6) is -0.598. The largest absolute Gasteiger partial charge is 0.438 e. The van der Waals surface area contributed by atoms with Crippen LogP contribution in [0.5, 0.6) is 11.6 Å². The number of carbonyl (C=O) groups excluding carboxylic acids is 3. The molecule has 2 aliphatic heterocycles. The third-order valence-corrected chi connectivity index (χ3v) is 8.06. The molecule has 2 aliphatic rings. The molecule has 1 aromatic heterocycles. The number of amides is 2. The van der Waals surface area contributed by atoms with Crippen LogP contribution >= 0.6 is 0 Å². The second kappa shape index (κ2) is 14.6. The van der Waals surface area contributed by atoms with Crippen molar-refractivity contribution < 1.29 is 23.5 Å². The van der Waals surface area contributed by atoms with Gasteiger partial charge in [0.1, 0.15) is 23.1 Å². The van der Waals surface area contributed by atoms with Gasteiger partial charge in [-0.2, -0.15) is 0 Å². The first kappa shape index (κ1) is 34.1. The van der Waals surface area contributed by atoms with E-state index in [-0.39, 0.29) is 28.9 Å². The van der Waals surface area contributed by atoms with Gasteiger partial charge in [-0.1, -0.05) is 44.2 Å². The number of hydrogen-bond acceptors (Lipinski definition) is 8. The summed E-state index contributed by atoms with van der Waals surface area (Å²) >= 11 is 0.